The highest BCUT2D eigenvalue weighted by Gasteiger charge is 2.19. The lowest BCUT2D eigenvalue weighted by Crippen LogP contribution is -2.30. The van der Waals surface area contributed by atoms with Gasteiger partial charge in [0.15, 0.2) is 5.16 Å². The highest BCUT2D eigenvalue weighted by molar-refractivity contribution is 7.99. The zero-order chi connectivity index (χ0) is 21.8. The van der Waals surface area contributed by atoms with Crippen LogP contribution in [0.2, 0.25) is 0 Å². The first kappa shape index (κ1) is 21.3. The first-order chi connectivity index (χ1) is 15.0. The van der Waals surface area contributed by atoms with Crippen LogP contribution in [-0.2, 0) is 4.79 Å². The second-order valence-electron chi connectivity index (χ2n) is 7.42. The average Bonchev–Trinajstić information content (AvgIpc) is 3.41. The van der Waals surface area contributed by atoms with E-state index in [0.29, 0.717) is 5.16 Å². The number of nitrogens with one attached hydrogen (secondary N) is 1. The number of hydrogen-bond donors (Lipinski definition) is 1. The molecule has 1 unspecified atom stereocenters. The number of carbonyl (C=O) groups excluding carboxylic acids is 1. The number of thiophene rings is 1. The Kier molecular flexibility index (Phi) is 6.53. The molecule has 4 rings (SSSR count). The fourth-order valence-electron chi connectivity index (χ4n) is 3.37. The number of carbonyl (C=O) groups is 1. The number of thioether (sulfide) groups is 1. The van der Waals surface area contributed by atoms with Gasteiger partial charge < -0.3 is 5.32 Å². The Morgan fingerprint density at radius 2 is 1.84 bits per heavy atom. The summed E-state index contributed by atoms with van der Waals surface area (Å²) in [5.74, 6) is 1.02. The van der Waals surface area contributed by atoms with Gasteiger partial charge in [0.25, 0.3) is 0 Å². The number of nitrogens with zero attached hydrogens (tertiary/aromatic N) is 3. The van der Waals surface area contributed by atoms with Gasteiger partial charge in [-0.15, -0.1) is 21.5 Å². The zero-order valence-electron chi connectivity index (χ0n) is 17.7. The van der Waals surface area contributed by atoms with Crippen molar-refractivity contribution >= 4 is 29.0 Å². The molecule has 0 fully saturated rings. The lowest BCUT2D eigenvalue weighted by molar-refractivity contribution is -0.119. The summed E-state index contributed by atoms with van der Waals surface area (Å²) in [5.41, 5.74) is 4.43. The predicted octanol–water partition coefficient (Wildman–Crippen LogP) is 5.25. The van der Waals surface area contributed by atoms with Crippen LogP contribution in [0.5, 0.6) is 0 Å². The molecule has 2 aromatic heterocycles. The summed E-state index contributed by atoms with van der Waals surface area (Å²) >= 11 is 3.04. The number of benzene rings is 2. The molecule has 158 valence electrons. The highest BCUT2D eigenvalue weighted by Crippen LogP contribution is 2.27. The molecular formula is C24H24N4OS2. The SMILES string of the molecule is Cc1ccc(C(NC(=O)CSc2nnc(C)n2-c2cccc(C)c2)c2cccs2)cc1. The standard InChI is InChI=1S/C24H24N4OS2/c1-16-9-11-19(12-10-16)23(21-8-5-13-30-21)25-22(29)15-31-24-27-26-18(3)28(24)20-7-4-6-17(2)14-20/h4-14,23H,15H2,1-3H3,(H,25,29). The second kappa shape index (κ2) is 9.49. The molecule has 0 saturated carbocycles. The van der Waals surface area contributed by atoms with E-state index in [1.54, 1.807) is 11.3 Å². The Morgan fingerprint density at radius 1 is 1.03 bits per heavy atom. The van der Waals surface area contributed by atoms with E-state index < -0.39 is 0 Å². The zero-order valence-corrected chi connectivity index (χ0v) is 19.3. The molecule has 5 nitrogen and oxygen atoms in total. The van der Waals surface area contributed by atoms with E-state index in [1.807, 2.05) is 35.1 Å². The van der Waals surface area contributed by atoms with Gasteiger partial charge in [0.2, 0.25) is 5.91 Å². The summed E-state index contributed by atoms with van der Waals surface area (Å²) in [4.78, 5) is 14.0. The van der Waals surface area contributed by atoms with Crippen molar-refractivity contribution in [3.05, 3.63) is 93.4 Å². The molecule has 0 aliphatic carbocycles. The summed E-state index contributed by atoms with van der Waals surface area (Å²) in [6, 6.07) is 20.4. The maximum atomic E-state index is 12.9. The van der Waals surface area contributed by atoms with Crippen LogP contribution in [0, 0.1) is 20.8 Å². The Balaban J connectivity index is 1.49. The van der Waals surface area contributed by atoms with Crippen LogP contribution < -0.4 is 5.32 Å². The smallest absolute Gasteiger partial charge is 0.231 e. The van der Waals surface area contributed by atoms with Crippen LogP contribution in [0.1, 0.15) is 33.4 Å². The molecule has 31 heavy (non-hydrogen) atoms. The van der Waals surface area contributed by atoms with Crippen LogP contribution in [0.15, 0.2) is 71.2 Å². The molecule has 0 aliphatic rings. The molecule has 1 atom stereocenters. The van der Waals surface area contributed by atoms with E-state index in [1.165, 1.54) is 17.3 Å². The van der Waals surface area contributed by atoms with E-state index >= 15 is 0 Å². The van der Waals surface area contributed by atoms with Gasteiger partial charge in [-0.2, -0.15) is 0 Å². The van der Waals surface area contributed by atoms with E-state index in [2.05, 4.69) is 71.8 Å². The second-order valence-corrected chi connectivity index (χ2v) is 9.34. The third kappa shape index (κ3) is 5.06. The highest BCUT2D eigenvalue weighted by atomic mass is 32.2. The number of aromatic nitrogens is 3. The van der Waals surface area contributed by atoms with Crippen molar-refractivity contribution in [1.82, 2.24) is 20.1 Å². The third-order valence-corrected chi connectivity index (χ3v) is 6.80. The third-order valence-electron chi connectivity index (χ3n) is 4.93. The van der Waals surface area contributed by atoms with Crippen molar-refractivity contribution in [2.45, 2.75) is 32.0 Å². The quantitative estimate of drug-likeness (QED) is 0.392. The summed E-state index contributed by atoms with van der Waals surface area (Å²) in [6.07, 6.45) is 0. The number of hydrogen-bond acceptors (Lipinski definition) is 5. The molecule has 1 amide bonds. The average molecular weight is 449 g/mol. The van der Waals surface area contributed by atoms with Gasteiger partial charge in [-0.3, -0.25) is 9.36 Å². The van der Waals surface area contributed by atoms with E-state index in [0.717, 1.165) is 27.5 Å². The maximum Gasteiger partial charge on any atom is 0.231 e. The van der Waals surface area contributed by atoms with Crippen molar-refractivity contribution in [3.63, 3.8) is 0 Å². The van der Waals surface area contributed by atoms with E-state index in [4.69, 9.17) is 0 Å². The van der Waals surface area contributed by atoms with E-state index in [-0.39, 0.29) is 17.7 Å². The van der Waals surface area contributed by atoms with E-state index in [9.17, 15) is 4.79 Å². The predicted molar refractivity (Wildman–Crippen MR) is 127 cm³/mol. The lowest BCUT2D eigenvalue weighted by Gasteiger charge is -2.18. The van der Waals surface area contributed by atoms with Crippen LogP contribution in [0.25, 0.3) is 5.69 Å². The summed E-state index contributed by atoms with van der Waals surface area (Å²) < 4.78 is 1.99. The molecule has 1 N–H and O–H groups in total. The largest absolute Gasteiger partial charge is 0.344 e. The molecule has 0 bridgehead atoms. The van der Waals surface area contributed by atoms with Gasteiger partial charge in [-0.25, -0.2) is 0 Å². The molecule has 0 saturated heterocycles. The number of rotatable bonds is 7. The van der Waals surface area contributed by atoms with Crippen molar-refractivity contribution in [2.75, 3.05) is 5.75 Å². The Labute approximate surface area is 190 Å². The normalized spacial score (nSPS) is 12.0. The molecule has 0 aliphatic heterocycles. The lowest BCUT2D eigenvalue weighted by atomic mass is 10.0. The fourth-order valence-corrected chi connectivity index (χ4v) is 4.98. The molecule has 2 aromatic carbocycles. The van der Waals surface area contributed by atoms with Crippen LogP contribution in [-0.4, -0.2) is 26.4 Å². The van der Waals surface area contributed by atoms with Crippen LogP contribution in [0.3, 0.4) is 0 Å². The first-order valence-electron chi connectivity index (χ1n) is 10.0. The van der Waals surface area contributed by atoms with Crippen molar-refractivity contribution in [3.8, 4) is 5.69 Å². The van der Waals surface area contributed by atoms with Gasteiger partial charge in [-0.05, 0) is 55.5 Å². The molecule has 2 heterocycles. The molecular weight excluding hydrogens is 424 g/mol. The summed E-state index contributed by atoms with van der Waals surface area (Å²) in [5, 5.41) is 14.4. The monoisotopic (exact) mass is 448 g/mol. The topological polar surface area (TPSA) is 59.8 Å². The van der Waals surface area contributed by atoms with Crippen molar-refractivity contribution in [1.29, 1.82) is 0 Å². The molecule has 0 radical (unpaired) electrons. The van der Waals surface area contributed by atoms with Gasteiger partial charge >= 0.3 is 0 Å². The van der Waals surface area contributed by atoms with Crippen LogP contribution in [0.4, 0.5) is 0 Å². The maximum absolute atomic E-state index is 12.9. The first-order valence-corrected chi connectivity index (χ1v) is 11.9. The van der Waals surface area contributed by atoms with Crippen molar-refractivity contribution < 1.29 is 4.79 Å². The molecule has 4 aromatic rings. The van der Waals surface area contributed by atoms with Crippen LogP contribution >= 0.6 is 23.1 Å². The van der Waals surface area contributed by atoms with Gasteiger partial charge in [-0.1, -0.05) is 59.8 Å². The molecule has 0 spiro atoms. The molecule has 7 heteroatoms. The minimum absolute atomic E-state index is 0.0413. The Bertz CT molecular complexity index is 1170. The summed E-state index contributed by atoms with van der Waals surface area (Å²) in [6.45, 7) is 6.04. The van der Waals surface area contributed by atoms with Gasteiger partial charge in [0.05, 0.1) is 11.8 Å². The van der Waals surface area contributed by atoms with Gasteiger partial charge in [0.1, 0.15) is 5.82 Å². The minimum atomic E-state index is -0.162. The number of aryl methyl sites for hydroxylation is 3. The van der Waals surface area contributed by atoms with Gasteiger partial charge in [0, 0.05) is 10.6 Å². The fraction of sp³-hybridized carbons (Fsp3) is 0.208. The Morgan fingerprint density at radius 3 is 2.55 bits per heavy atom. The minimum Gasteiger partial charge on any atom is -0.344 e. The summed E-state index contributed by atoms with van der Waals surface area (Å²) in [7, 11) is 0. The number of amides is 1. The Hall–Kier alpha value is -2.90. The van der Waals surface area contributed by atoms with Crippen molar-refractivity contribution in [2.24, 2.45) is 0 Å².